The molecule has 0 aliphatic rings. The standard InChI is InChI=1S/C11H12ClN3O.C2H6/c1-3-15-10(16)8-6-7(12)4-5-9(8)14-11(15)13-2;1-2/h4-6H,3H2,1-2H3,(H,13,14);1-2H3. The zero-order valence-corrected chi connectivity index (χ0v) is 11.9. The molecule has 5 heteroatoms. The number of hydrogen-bond acceptors (Lipinski definition) is 3. The van der Waals surface area contributed by atoms with Gasteiger partial charge in [-0.15, -0.1) is 0 Å². The van der Waals surface area contributed by atoms with Gasteiger partial charge in [0.1, 0.15) is 0 Å². The quantitative estimate of drug-likeness (QED) is 0.909. The first-order valence-electron chi connectivity index (χ1n) is 6.05. The lowest BCUT2D eigenvalue weighted by Crippen LogP contribution is -2.23. The number of hydrogen-bond donors (Lipinski definition) is 1. The fourth-order valence-electron chi connectivity index (χ4n) is 1.68. The van der Waals surface area contributed by atoms with Crippen molar-refractivity contribution in [2.75, 3.05) is 12.4 Å². The second-order valence-electron chi connectivity index (χ2n) is 3.40. The van der Waals surface area contributed by atoms with Crippen molar-refractivity contribution in [2.45, 2.75) is 27.3 Å². The van der Waals surface area contributed by atoms with Crippen LogP contribution in [-0.4, -0.2) is 16.6 Å². The molecule has 0 aliphatic heterocycles. The zero-order valence-electron chi connectivity index (χ0n) is 11.1. The van der Waals surface area contributed by atoms with E-state index in [1.54, 1.807) is 29.8 Å². The van der Waals surface area contributed by atoms with Gasteiger partial charge < -0.3 is 5.32 Å². The number of nitrogens with zero attached hydrogens (tertiary/aromatic N) is 2. The molecule has 0 amide bonds. The predicted octanol–water partition coefficient (Wildman–Crippen LogP) is 3.14. The number of nitrogens with one attached hydrogen (secondary N) is 1. The number of aromatic nitrogens is 2. The lowest BCUT2D eigenvalue weighted by atomic mass is 10.2. The summed E-state index contributed by atoms with van der Waals surface area (Å²) in [6, 6.07) is 5.13. The van der Waals surface area contributed by atoms with Crippen molar-refractivity contribution in [3.05, 3.63) is 33.6 Å². The van der Waals surface area contributed by atoms with E-state index >= 15 is 0 Å². The van der Waals surface area contributed by atoms with Crippen molar-refractivity contribution in [1.82, 2.24) is 9.55 Å². The molecule has 0 spiro atoms. The largest absolute Gasteiger partial charge is 0.359 e. The molecule has 2 rings (SSSR count). The number of rotatable bonds is 2. The SMILES string of the molecule is CC.CCn1c(NC)nc2ccc(Cl)cc2c1=O. The molecule has 1 aromatic heterocycles. The molecule has 0 fully saturated rings. The summed E-state index contributed by atoms with van der Waals surface area (Å²) in [5, 5.41) is 4.01. The van der Waals surface area contributed by atoms with Crippen LogP contribution in [0.5, 0.6) is 0 Å². The summed E-state index contributed by atoms with van der Waals surface area (Å²) in [5.41, 5.74) is 0.586. The van der Waals surface area contributed by atoms with Gasteiger partial charge in [-0.1, -0.05) is 25.4 Å². The predicted molar refractivity (Wildman–Crippen MR) is 77.6 cm³/mol. The van der Waals surface area contributed by atoms with E-state index in [9.17, 15) is 4.79 Å². The summed E-state index contributed by atoms with van der Waals surface area (Å²) in [6.07, 6.45) is 0. The van der Waals surface area contributed by atoms with E-state index in [-0.39, 0.29) is 5.56 Å². The van der Waals surface area contributed by atoms with Crippen LogP contribution in [0.25, 0.3) is 10.9 Å². The van der Waals surface area contributed by atoms with E-state index in [2.05, 4.69) is 10.3 Å². The van der Waals surface area contributed by atoms with Crippen molar-refractivity contribution >= 4 is 28.5 Å². The van der Waals surface area contributed by atoms with Crippen LogP contribution in [0.4, 0.5) is 5.95 Å². The highest BCUT2D eigenvalue weighted by atomic mass is 35.5. The van der Waals surface area contributed by atoms with Crippen LogP contribution in [0.15, 0.2) is 23.0 Å². The summed E-state index contributed by atoms with van der Waals surface area (Å²) >= 11 is 5.87. The molecule has 0 radical (unpaired) electrons. The van der Waals surface area contributed by atoms with Gasteiger partial charge in [0.25, 0.3) is 5.56 Å². The third-order valence-corrected chi connectivity index (χ3v) is 2.69. The van der Waals surface area contributed by atoms with E-state index in [4.69, 9.17) is 11.6 Å². The van der Waals surface area contributed by atoms with Crippen LogP contribution >= 0.6 is 11.6 Å². The fourth-order valence-corrected chi connectivity index (χ4v) is 1.85. The van der Waals surface area contributed by atoms with Gasteiger partial charge in [-0.25, -0.2) is 4.98 Å². The maximum atomic E-state index is 12.1. The molecule has 2 aromatic rings. The van der Waals surface area contributed by atoms with Gasteiger partial charge in [0, 0.05) is 18.6 Å². The molecule has 0 unspecified atom stereocenters. The van der Waals surface area contributed by atoms with Crippen LogP contribution in [-0.2, 0) is 6.54 Å². The molecule has 1 aromatic carbocycles. The molecule has 0 atom stereocenters. The van der Waals surface area contributed by atoms with Gasteiger partial charge in [-0.2, -0.15) is 0 Å². The molecular formula is C13H18ClN3O. The van der Waals surface area contributed by atoms with Crippen molar-refractivity contribution in [1.29, 1.82) is 0 Å². The van der Waals surface area contributed by atoms with Crippen molar-refractivity contribution in [3.8, 4) is 0 Å². The first-order valence-corrected chi connectivity index (χ1v) is 6.43. The second-order valence-corrected chi connectivity index (χ2v) is 3.83. The lowest BCUT2D eigenvalue weighted by Gasteiger charge is -2.10. The van der Waals surface area contributed by atoms with Crippen molar-refractivity contribution in [3.63, 3.8) is 0 Å². The average molecular weight is 268 g/mol. The minimum atomic E-state index is -0.0700. The molecule has 18 heavy (non-hydrogen) atoms. The fraction of sp³-hybridized carbons (Fsp3) is 0.385. The van der Waals surface area contributed by atoms with Gasteiger partial charge in [0.2, 0.25) is 5.95 Å². The molecule has 0 saturated carbocycles. The van der Waals surface area contributed by atoms with Gasteiger partial charge in [-0.3, -0.25) is 9.36 Å². The smallest absolute Gasteiger partial charge is 0.262 e. The van der Waals surface area contributed by atoms with Crippen LogP contribution in [0, 0.1) is 0 Å². The van der Waals surface area contributed by atoms with Crippen molar-refractivity contribution in [2.24, 2.45) is 0 Å². The molecule has 0 saturated heterocycles. The minimum Gasteiger partial charge on any atom is -0.359 e. The highest BCUT2D eigenvalue weighted by Crippen LogP contribution is 2.16. The van der Waals surface area contributed by atoms with Crippen molar-refractivity contribution < 1.29 is 0 Å². The Labute approximate surface area is 112 Å². The van der Waals surface area contributed by atoms with E-state index in [0.717, 1.165) is 0 Å². The summed E-state index contributed by atoms with van der Waals surface area (Å²) in [6.45, 7) is 6.48. The molecular weight excluding hydrogens is 250 g/mol. The Morgan fingerprint density at radius 2 is 2.06 bits per heavy atom. The van der Waals surface area contributed by atoms with Gasteiger partial charge in [-0.05, 0) is 25.1 Å². The van der Waals surface area contributed by atoms with Crippen LogP contribution in [0.2, 0.25) is 5.02 Å². The minimum absolute atomic E-state index is 0.0700. The molecule has 1 N–H and O–H groups in total. The maximum absolute atomic E-state index is 12.1. The maximum Gasteiger partial charge on any atom is 0.262 e. The molecule has 98 valence electrons. The Morgan fingerprint density at radius 1 is 1.39 bits per heavy atom. The Balaban J connectivity index is 0.000000771. The van der Waals surface area contributed by atoms with Crippen LogP contribution in [0.1, 0.15) is 20.8 Å². The van der Waals surface area contributed by atoms with Crippen LogP contribution < -0.4 is 10.9 Å². The third-order valence-electron chi connectivity index (χ3n) is 2.46. The summed E-state index contributed by atoms with van der Waals surface area (Å²) in [7, 11) is 1.75. The van der Waals surface area contributed by atoms with E-state index in [0.29, 0.717) is 28.4 Å². The van der Waals surface area contributed by atoms with E-state index < -0.39 is 0 Å². The monoisotopic (exact) mass is 267 g/mol. The summed E-state index contributed by atoms with van der Waals surface area (Å²) in [4.78, 5) is 16.5. The third kappa shape index (κ3) is 2.64. The van der Waals surface area contributed by atoms with Gasteiger partial charge in [0.15, 0.2) is 0 Å². The van der Waals surface area contributed by atoms with Crippen LogP contribution in [0.3, 0.4) is 0 Å². The topological polar surface area (TPSA) is 46.9 Å². The number of anilines is 1. The second kappa shape index (κ2) is 6.40. The summed E-state index contributed by atoms with van der Waals surface area (Å²) in [5.74, 6) is 0.572. The Morgan fingerprint density at radius 3 is 2.61 bits per heavy atom. The first-order chi connectivity index (χ1) is 8.67. The molecule has 4 nitrogen and oxygen atoms in total. The average Bonchev–Trinajstić information content (AvgIpc) is 2.41. The van der Waals surface area contributed by atoms with Gasteiger partial charge in [0.05, 0.1) is 10.9 Å². The Kier molecular flexibility index (Phi) is 5.16. The van der Waals surface area contributed by atoms with E-state index in [1.165, 1.54) is 0 Å². The van der Waals surface area contributed by atoms with E-state index in [1.807, 2.05) is 20.8 Å². The number of halogens is 1. The highest BCUT2D eigenvalue weighted by Gasteiger charge is 2.08. The Bertz CT molecular complexity index is 593. The number of benzene rings is 1. The zero-order chi connectivity index (χ0) is 13.7. The first kappa shape index (κ1) is 14.5. The molecule has 0 aliphatic carbocycles. The highest BCUT2D eigenvalue weighted by molar-refractivity contribution is 6.31. The summed E-state index contributed by atoms with van der Waals surface area (Å²) < 4.78 is 1.58. The molecule has 0 bridgehead atoms. The molecule has 1 heterocycles. The van der Waals surface area contributed by atoms with Gasteiger partial charge >= 0.3 is 0 Å². The normalized spacial score (nSPS) is 9.83. The lowest BCUT2D eigenvalue weighted by molar-refractivity contribution is 0.727. The Hall–Kier alpha value is -1.55. The number of fused-ring (bicyclic) bond motifs is 1.